The van der Waals surface area contributed by atoms with Gasteiger partial charge in [-0.2, -0.15) is 5.26 Å². The van der Waals surface area contributed by atoms with Gasteiger partial charge < -0.3 is 4.74 Å². The zero-order chi connectivity index (χ0) is 14.6. The lowest BCUT2D eigenvalue weighted by molar-refractivity contribution is 0.0497. The third-order valence-electron chi connectivity index (χ3n) is 2.98. The fraction of sp³-hybridized carbons (Fsp3) is 0.500. The molecule has 0 aliphatic carbocycles. The minimum atomic E-state index is -0.285. The van der Waals surface area contributed by atoms with E-state index in [1.54, 1.807) is 24.3 Å². The Morgan fingerprint density at radius 1 is 1.15 bits per heavy atom. The molecule has 0 N–H and O–H groups in total. The number of nitrogens with zero attached hydrogens (tertiary/aromatic N) is 1. The van der Waals surface area contributed by atoms with Gasteiger partial charge in [0.05, 0.1) is 12.2 Å². The summed E-state index contributed by atoms with van der Waals surface area (Å²) in [6.07, 6.45) is 7.05. The Bertz CT molecular complexity index is 437. The van der Waals surface area contributed by atoms with Gasteiger partial charge in [0, 0.05) is 4.90 Å². The molecule has 0 saturated heterocycles. The zero-order valence-corrected chi connectivity index (χ0v) is 12.7. The minimum Gasteiger partial charge on any atom is -0.462 e. The van der Waals surface area contributed by atoms with Crippen molar-refractivity contribution < 1.29 is 9.53 Å². The predicted octanol–water partition coefficient (Wildman–Crippen LogP) is 4.78. The minimum absolute atomic E-state index is 0.285. The standard InChI is InChI=1S/C16H21NO2S/c1-2-3-4-5-6-7-12-19-16(18)14-8-10-15(11-9-14)20-13-17/h8-11H,2-7,12H2,1H3. The molecule has 0 heterocycles. The lowest BCUT2D eigenvalue weighted by atomic mass is 10.1. The largest absolute Gasteiger partial charge is 0.462 e. The van der Waals surface area contributed by atoms with E-state index in [1.165, 1.54) is 25.7 Å². The van der Waals surface area contributed by atoms with Gasteiger partial charge in [0.2, 0.25) is 0 Å². The molecule has 0 unspecified atom stereocenters. The van der Waals surface area contributed by atoms with Crippen LogP contribution >= 0.6 is 11.8 Å². The van der Waals surface area contributed by atoms with Crippen LogP contribution in [0.3, 0.4) is 0 Å². The Balaban J connectivity index is 2.20. The molecule has 0 spiro atoms. The fourth-order valence-corrected chi connectivity index (χ4v) is 2.22. The molecule has 0 aliphatic heterocycles. The van der Waals surface area contributed by atoms with Gasteiger partial charge in [-0.05, 0) is 42.4 Å². The van der Waals surface area contributed by atoms with Crippen LogP contribution in [-0.4, -0.2) is 12.6 Å². The summed E-state index contributed by atoms with van der Waals surface area (Å²) < 4.78 is 5.22. The van der Waals surface area contributed by atoms with Crippen molar-refractivity contribution in [3.63, 3.8) is 0 Å². The topological polar surface area (TPSA) is 50.1 Å². The average molecular weight is 291 g/mol. The van der Waals surface area contributed by atoms with Crippen molar-refractivity contribution in [2.24, 2.45) is 0 Å². The molecule has 1 aromatic carbocycles. The van der Waals surface area contributed by atoms with Crippen LogP contribution in [0.25, 0.3) is 0 Å². The van der Waals surface area contributed by atoms with E-state index in [2.05, 4.69) is 6.92 Å². The summed E-state index contributed by atoms with van der Waals surface area (Å²) in [5, 5.41) is 10.5. The van der Waals surface area contributed by atoms with Gasteiger partial charge in [-0.25, -0.2) is 4.79 Å². The van der Waals surface area contributed by atoms with Crippen LogP contribution in [0.15, 0.2) is 29.2 Å². The molecule has 0 radical (unpaired) electrons. The van der Waals surface area contributed by atoms with Crippen LogP contribution in [0.1, 0.15) is 55.8 Å². The number of thioether (sulfide) groups is 1. The molecular weight excluding hydrogens is 270 g/mol. The first-order valence-corrected chi connectivity index (χ1v) is 7.92. The second kappa shape index (κ2) is 10.3. The van der Waals surface area contributed by atoms with Crippen LogP contribution < -0.4 is 0 Å². The van der Waals surface area contributed by atoms with Crippen molar-refractivity contribution in [1.82, 2.24) is 0 Å². The summed E-state index contributed by atoms with van der Waals surface area (Å²) in [7, 11) is 0. The van der Waals surface area contributed by atoms with E-state index >= 15 is 0 Å². The molecule has 4 heteroatoms. The van der Waals surface area contributed by atoms with E-state index in [9.17, 15) is 4.79 Å². The van der Waals surface area contributed by atoms with E-state index in [0.717, 1.165) is 29.5 Å². The molecule has 0 bridgehead atoms. The van der Waals surface area contributed by atoms with Gasteiger partial charge in [0.25, 0.3) is 0 Å². The highest BCUT2D eigenvalue weighted by atomic mass is 32.2. The number of hydrogen-bond acceptors (Lipinski definition) is 4. The number of thiocyanates is 1. The number of nitriles is 1. The summed E-state index contributed by atoms with van der Waals surface area (Å²) in [4.78, 5) is 12.6. The van der Waals surface area contributed by atoms with E-state index in [-0.39, 0.29) is 5.97 Å². The van der Waals surface area contributed by atoms with Crippen LogP contribution in [0.2, 0.25) is 0 Å². The molecule has 0 saturated carbocycles. The molecule has 0 fully saturated rings. The number of carbonyl (C=O) groups excluding carboxylic acids is 1. The number of ether oxygens (including phenoxy) is 1. The van der Waals surface area contributed by atoms with Crippen molar-refractivity contribution in [1.29, 1.82) is 5.26 Å². The molecule has 108 valence electrons. The second-order valence-electron chi connectivity index (χ2n) is 4.62. The normalized spacial score (nSPS) is 10.0. The van der Waals surface area contributed by atoms with Crippen LogP contribution in [0.5, 0.6) is 0 Å². The lowest BCUT2D eigenvalue weighted by Gasteiger charge is -2.05. The lowest BCUT2D eigenvalue weighted by Crippen LogP contribution is -2.06. The maximum absolute atomic E-state index is 11.8. The molecule has 0 aliphatic rings. The number of unbranched alkanes of at least 4 members (excludes halogenated alkanes) is 5. The summed E-state index contributed by atoms with van der Waals surface area (Å²) in [6.45, 7) is 2.68. The maximum atomic E-state index is 11.8. The van der Waals surface area contributed by atoms with Crippen molar-refractivity contribution >= 4 is 17.7 Å². The molecule has 0 atom stereocenters. The van der Waals surface area contributed by atoms with Crippen molar-refractivity contribution in [2.45, 2.75) is 50.3 Å². The number of rotatable bonds is 9. The smallest absolute Gasteiger partial charge is 0.338 e. The van der Waals surface area contributed by atoms with E-state index < -0.39 is 0 Å². The van der Waals surface area contributed by atoms with Gasteiger partial charge in [-0.1, -0.05) is 39.0 Å². The predicted molar refractivity (Wildman–Crippen MR) is 81.6 cm³/mol. The quantitative estimate of drug-likeness (QED) is 0.284. The van der Waals surface area contributed by atoms with Gasteiger partial charge in [-0.15, -0.1) is 0 Å². The Labute approximate surface area is 125 Å². The van der Waals surface area contributed by atoms with Crippen LogP contribution in [0, 0.1) is 10.7 Å². The molecule has 0 aromatic heterocycles. The molecule has 1 rings (SSSR count). The summed E-state index contributed by atoms with van der Waals surface area (Å²) in [6, 6.07) is 6.91. The Morgan fingerprint density at radius 3 is 2.45 bits per heavy atom. The molecule has 0 amide bonds. The average Bonchev–Trinajstić information content (AvgIpc) is 2.47. The first kappa shape index (κ1) is 16.6. The van der Waals surface area contributed by atoms with Gasteiger partial charge >= 0.3 is 5.97 Å². The van der Waals surface area contributed by atoms with Gasteiger partial charge in [0.15, 0.2) is 0 Å². The number of carbonyl (C=O) groups is 1. The fourth-order valence-electron chi connectivity index (χ4n) is 1.84. The highest BCUT2D eigenvalue weighted by molar-refractivity contribution is 8.03. The third-order valence-corrected chi connectivity index (χ3v) is 3.58. The highest BCUT2D eigenvalue weighted by Crippen LogP contribution is 2.17. The van der Waals surface area contributed by atoms with E-state index in [1.807, 2.05) is 5.40 Å². The first-order chi connectivity index (χ1) is 9.77. The maximum Gasteiger partial charge on any atom is 0.338 e. The Kier molecular flexibility index (Phi) is 8.57. The monoisotopic (exact) mass is 291 g/mol. The summed E-state index contributed by atoms with van der Waals surface area (Å²) in [5.74, 6) is -0.285. The van der Waals surface area contributed by atoms with Gasteiger partial charge in [0.1, 0.15) is 5.40 Å². The number of benzene rings is 1. The van der Waals surface area contributed by atoms with Crippen molar-refractivity contribution in [3.05, 3.63) is 29.8 Å². The number of hydrogen-bond donors (Lipinski definition) is 0. The molecule has 1 aromatic rings. The highest BCUT2D eigenvalue weighted by Gasteiger charge is 2.06. The SMILES string of the molecule is CCCCCCCCOC(=O)c1ccc(SC#N)cc1. The van der Waals surface area contributed by atoms with Crippen LogP contribution in [0.4, 0.5) is 0 Å². The molecule has 3 nitrogen and oxygen atoms in total. The molecule has 20 heavy (non-hydrogen) atoms. The van der Waals surface area contributed by atoms with Crippen LogP contribution in [-0.2, 0) is 4.74 Å². The van der Waals surface area contributed by atoms with Crippen molar-refractivity contribution in [3.8, 4) is 5.40 Å². The summed E-state index contributed by atoms with van der Waals surface area (Å²) >= 11 is 1.08. The zero-order valence-electron chi connectivity index (χ0n) is 11.9. The van der Waals surface area contributed by atoms with Gasteiger partial charge in [-0.3, -0.25) is 0 Å². The second-order valence-corrected chi connectivity index (χ2v) is 5.48. The Morgan fingerprint density at radius 2 is 1.80 bits per heavy atom. The molecular formula is C16H21NO2S. The third kappa shape index (κ3) is 6.63. The summed E-state index contributed by atoms with van der Waals surface area (Å²) in [5.41, 5.74) is 0.540. The van der Waals surface area contributed by atoms with E-state index in [0.29, 0.717) is 12.2 Å². The number of esters is 1. The van der Waals surface area contributed by atoms with Crippen molar-refractivity contribution in [2.75, 3.05) is 6.61 Å². The Hall–Kier alpha value is -1.47. The van der Waals surface area contributed by atoms with E-state index in [4.69, 9.17) is 10.00 Å². The first-order valence-electron chi connectivity index (χ1n) is 7.11.